The molecule has 0 unspecified atom stereocenters. The lowest BCUT2D eigenvalue weighted by Crippen LogP contribution is -2.27. The van der Waals surface area contributed by atoms with Crippen LogP contribution in [0.3, 0.4) is 0 Å². The highest BCUT2D eigenvalue weighted by Crippen LogP contribution is 2.23. The first-order chi connectivity index (χ1) is 13.6. The largest absolute Gasteiger partial charge is 0.394 e. The van der Waals surface area contributed by atoms with Crippen molar-refractivity contribution in [2.45, 2.75) is 45.6 Å². The number of hydrogen-bond acceptors (Lipinski definition) is 7. The number of benzene rings is 1. The molecule has 160 valence electrons. The third-order valence-corrected chi connectivity index (χ3v) is 4.75. The van der Waals surface area contributed by atoms with Crippen molar-refractivity contribution < 1.29 is 17.9 Å². The van der Waals surface area contributed by atoms with E-state index in [2.05, 4.69) is 25.0 Å². The number of aliphatic hydroxyl groups excluding tert-OH is 1. The van der Waals surface area contributed by atoms with Crippen LogP contribution in [0.1, 0.15) is 44.5 Å². The zero-order valence-electron chi connectivity index (χ0n) is 17.1. The van der Waals surface area contributed by atoms with Crippen LogP contribution >= 0.6 is 0 Å². The van der Waals surface area contributed by atoms with Crippen molar-refractivity contribution in [1.29, 1.82) is 0 Å². The molecule has 1 heterocycles. The van der Waals surface area contributed by atoms with E-state index in [-0.39, 0.29) is 42.7 Å². The molecule has 0 aliphatic rings. The first kappa shape index (κ1) is 23.0. The van der Waals surface area contributed by atoms with E-state index >= 15 is 0 Å². The molecule has 2 rings (SSSR count). The summed E-state index contributed by atoms with van der Waals surface area (Å²) in [6.45, 7) is 5.76. The fourth-order valence-electron chi connectivity index (χ4n) is 2.98. The SMILES string of the molecule is CC(C)C[C@H](CO)Nc1nc(C[C@H](C)c2ccccc2F)nc(NS(C)(=O)=O)n1. The minimum absolute atomic E-state index is 0.123. The van der Waals surface area contributed by atoms with Crippen LogP contribution in [-0.4, -0.2) is 47.4 Å². The van der Waals surface area contributed by atoms with Gasteiger partial charge < -0.3 is 10.4 Å². The van der Waals surface area contributed by atoms with E-state index in [4.69, 9.17) is 0 Å². The number of aliphatic hydroxyl groups is 1. The number of anilines is 2. The Morgan fingerprint density at radius 3 is 2.34 bits per heavy atom. The molecule has 1 aromatic carbocycles. The molecule has 10 heteroatoms. The third kappa shape index (κ3) is 7.54. The summed E-state index contributed by atoms with van der Waals surface area (Å²) in [5, 5.41) is 12.6. The molecule has 0 aliphatic heterocycles. The summed E-state index contributed by atoms with van der Waals surface area (Å²) < 4.78 is 39.6. The van der Waals surface area contributed by atoms with Crippen molar-refractivity contribution in [3.63, 3.8) is 0 Å². The van der Waals surface area contributed by atoms with Gasteiger partial charge in [0.2, 0.25) is 21.9 Å². The van der Waals surface area contributed by atoms with Gasteiger partial charge in [-0.2, -0.15) is 15.0 Å². The predicted molar refractivity (Wildman–Crippen MR) is 111 cm³/mol. The molecule has 8 nitrogen and oxygen atoms in total. The van der Waals surface area contributed by atoms with E-state index < -0.39 is 10.0 Å². The smallest absolute Gasteiger partial charge is 0.241 e. The number of hydrogen-bond donors (Lipinski definition) is 3. The molecule has 0 fully saturated rings. The summed E-state index contributed by atoms with van der Waals surface area (Å²) in [4.78, 5) is 12.6. The summed E-state index contributed by atoms with van der Waals surface area (Å²) in [5.41, 5.74) is 0.521. The Morgan fingerprint density at radius 2 is 1.76 bits per heavy atom. The Balaban J connectivity index is 2.32. The van der Waals surface area contributed by atoms with E-state index in [0.717, 1.165) is 6.26 Å². The number of rotatable bonds is 10. The number of sulfonamides is 1. The highest BCUT2D eigenvalue weighted by atomic mass is 32.2. The second-order valence-electron chi connectivity index (χ2n) is 7.55. The molecule has 0 aliphatic carbocycles. The van der Waals surface area contributed by atoms with Gasteiger partial charge in [0, 0.05) is 6.42 Å². The first-order valence-corrected chi connectivity index (χ1v) is 11.3. The Kier molecular flexibility index (Phi) is 7.86. The van der Waals surface area contributed by atoms with Crippen molar-refractivity contribution >= 4 is 21.9 Å². The molecule has 2 aromatic rings. The zero-order valence-corrected chi connectivity index (χ0v) is 17.9. The summed E-state index contributed by atoms with van der Waals surface area (Å²) in [6.07, 6.45) is 1.96. The van der Waals surface area contributed by atoms with Gasteiger partial charge in [-0.3, -0.25) is 4.72 Å². The fraction of sp³-hybridized carbons (Fsp3) is 0.526. The Hall–Kier alpha value is -2.33. The molecule has 0 bridgehead atoms. The summed E-state index contributed by atoms with van der Waals surface area (Å²) in [6, 6.07) is 6.17. The molecule has 0 radical (unpaired) electrons. The predicted octanol–water partition coefficient (Wildman–Crippen LogP) is 2.55. The van der Waals surface area contributed by atoms with Crippen molar-refractivity contribution in [3.8, 4) is 0 Å². The van der Waals surface area contributed by atoms with E-state index in [1.807, 2.05) is 20.8 Å². The maximum atomic E-state index is 14.1. The lowest BCUT2D eigenvalue weighted by molar-refractivity contribution is 0.259. The van der Waals surface area contributed by atoms with E-state index in [9.17, 15) is 17.9 Å². The molecule has 0 saturated carbocycles. The average molecular weight is 426 g/mol. The molecule has 0 spiro atoms. The molecule has 0 saturated heterocycles. The second kappa shape index (κ2) is 9.93. The van der Waals surface area contributed by atoms with Gasteiger partial charge in [0.25, 0.3) is 0 Å². The van der Waals surface area contributed by atoms with Gasteiger partial charge in [0.15, 0.2) is 0 Å². The Morgan fingerprint density at radius 1 is 1.10 bits per heavy atom. The summed E-state index contributed by atoms with van der Waals surface area (Å²) >= 11 is 0. The third-order valence-electron chi connectivity index (χ3n) is 4.19. The molecular formula is C19H28FN5O3S. The van der Waals surface area contributed by atoms with Crippen molar-refractivity contribution in [1.82, 2.24) is 15.0 Å². The van der Waals surface area contributed by atoms with E-state index in [0.29, 0.717) is 23.7 Å². The first-order valence-electron chi connectivity index (χ1n) is 9.42. The van der Waals surface area contributed by atoms with Crippen molar-refractivity contribution in [3.05, 3.63) is 41.5 Å². The Labute approximate surface area is 171 Å². The number of nitrogens with zero attached hydrogens (tertiary/aromatic N) is 3. The van der Waals surface area contributed by atoms with Crippen LogP contribution in [0, 0.1) is 11.7 Å². The lowest BCUT2D eigenvalue weighted by Gasteiger charge is -2.19. The van der Waals surface area contributed by atoms with Gasteiger partial charge in [-0.05, 0) is 29.9 Å². The lowest BCUT2D eigenvalue weighted by atomic mass is 9.97. The summed E-state index contributed by atoms with van der Waals surface area (Å²) in [7, 11) is -3.59. The van der Waals surface area contributed by atoms with Crippen molar-refractivity contribution in [2.75, 3.05) is 22.9 Å². The van der Waals surface area contributed by atoms with Crippen LogP contribution < -0.4 is 10.0 Å². The van der Waals surface area contributed by atoms with Crippen molar-refractivity contribution in [2.24, 2.45) is 5.92 Å². The summed E-state index contributed by atoms with van der Waals surface area (Å²) in [5.74, 6) is 0.117. The number of nitrogens with one attached hydrogen (secondary N) is 2. The minimum atomic E-state index is -3.59. The van der Waals surface area contributed by atoms with Crippen LogP contribution in [0.15, 0.2) is 24.3 Å². The monoisotopic (exact) mass is 425 g/mol. The van der Waals surface area contributed by atoms with Gasteiger partial charge in [-0.1, -0.05) is 39.0 Å². The van der Waals surface area contributed by atoms with E-state index in [1.54, 1.807) is 18.2 Å². The number of halogens is 1. The van der Waals surface area contributed by atoms with Gasteiger partial charge in [-0.25, -0.2) is 12.8 Å². The van der Waals surface area contributed by atoms with Crippen LogP contribution in [-0.2, 0) is 16.4 Å². The standard InChI is InChI=1S/C19H28FN5O3S/c1-12(2)9-14(11-26)21-18-22-17(23-19(24-18)25-29(4,27)28)10-13(3)15-7-5-6-8-16(15)20/h5-8,12-14,26H,9-11H2,1-4H3,(H2,21,22,23,24,25)/t13-,14+/m0/s1. The molecule has 3 N–H and O–H groups in total. The van der Waals surface area contributed by atoms with Gasteiger partial charge >= 0.3 is 0 Å². The van der Waals surface area contributed by atoms with E-state index in [1.165, 1.54) is 6.07 Å². The zero-order chi connectivity index (χ0) is 21.6. The molecule has 29 heavy (non-hydrogen) atoms. The normalized spacial score (nSPS) is 13.9. The quantitative estimate of drug-likeness (QED) is 0.535. The molecule has 0 amide bonds. The average Bonchev–Trinajstić information content (AvgIpc) is 2.59. The van der Waals surface area contributed by atoms with Crippen LogP contribution in [0.5, 0.6) is 0 Å². The van der Waals surface area contributed by atoms with Crippen LogP contribution in [0.2, 0.25) is 0 Å². The molecular weight excluding hydrogens is 397 g/mol. The Bertz CT molecular complexity index is 924. The van der Waals surface area contributed by atoms with Crippen LogP contribution in [0.25, 0.3) is 0 Å². The number of aromatic nitrogens is 3. The molecule has 2 atom stereocenters. The second-order valence-corrected chi connectivity index (χ2v) is 9.30. The maximum absolute atomic E-state index is 14.1. The maximum Gasteiger partial charge on any atom is 0.241 e. The topological polar surface area (TPSA) is 117 Å². The van der Waals surface area contributed by atoms with Crippen LogP contribution in [0.4, 0.5) is 16.3 Å². The van der Waals surface area contributed by atoms with Gasteiger partial charge in [0.1, 0.15) is 11.6 Å². The highest BCUT2D eigenvalue weighted by Gasteiger charge is 2.18. The fourth-order valence-corrected chi connectivity index (χ4v) is 3.40. The minimum Gasteiger partial charge on any atom is -0.394 e. The highest BCUT2D eigenvalue weighted by molar-refractivity contribution is 7.91. The van der Waals surface area contributed by atoms with Gasteiger partial charge in [0.05, 0.1) is 18.9 Å². The molecule has 1 aromatic heterocycles. The van der Waals surface area contributed by atoms with Gasteiger partial charge in [-0.15, -0.1) is 0 Å².